The summed E-state index contributed by atoms with van der Waals surface area (Å²) in [6.45, 7) is 3.70. The van der Waals surface area contributed by atoms with Gasteiger partial charge in [0.25, 0.3) is 0 Å². The van der Waals surface area contributed by atoms with E-state index in [9.17, 15) is 17.6 Å². The number of hydrogen-bond donors (Lipinski definition) is 2. The molecule has 6 nitrogen and oxygen atoms in total. The molecule has 0 saturated heterocycles. The molecular weight excluding hydrogens is 383 g/mol. The lowest BCUT2D eigenvalue weighted by molar-refractivity contribution is -0.120. The van der Waals surface area contributed by atoms with Gasteiger partial charge in [0, 0.05) is 12.6 Å². The first kappa shape index (κ1) is 21.8. The summed E-state index contributed by atoms with van der Waals surface area (Å²) in [6, 6.07) is 11.2. The maximum Gasteiger partial charge on any atom is 0.224 e. The highest BCUT2D eigenvalue weighted by Gasteiger charge is 2.16. The molecule has 2 N–H and O–H groups in total. The quantitative estimate of drug-likeness (QED) is 0.668. The number of sulfonamides is 1. The highest BCUT2D eigenvalue weighted by Crippen LogP contribution is 2.18. The molecule has 0 atom stereocenters. The molecule has 0 fully saturated rings. The van der Waals surface area contributed by atoms with Gasteiger partial charge in [-0.15, -0.1) is 0 Å². The molecule has 8 heteroatoms. The molecule has 2 rings (SSSR count). The van der Waals surface area contributed by atoms with Crippen LogP contribution in [0.1, 0.15) is 30.5 Å². The SMILES string of the molecule is COc1ccc(CC(=O)NCc2ccccc2CS(=O)(=O)NC(C)C)cc1F. The van der Waals surface area contributed by atoms with Gasteiger partial charge >= 0.3 is 0 Å². The van der Waals surface area contributed by atoms with Gasteiger partial charge in [0.1, 0.15) is 0 Å². The smallest absolute Gasteiger partial charge is 0.224 e. The third-order valence-electron chi connectivity index (χ3n) is 3.94. The zero-order valence-corrected chi connectivity index (χ0v) is 17.0. The van der Waals surface area contributed by atoms with Crippen LogP contribution in [0.15, 0.2) is 42.5 Å². The second-order valence-electron chi connectivity index (χ2n) is 6.72. The van der Waals surface area contributed by atoms with E-state index in [1.165, 1.54) is 19.2 Å². The summed E-state index contributed by atoms with van der Waals surface area (Å²) < 4.78 is 45.5. The topological polar surface area (TPSA) is 84.5 Å². The number of halogens is 1. The Morgan fingerprint density at radius 2 is 1.82 bits per heavy atom. The van der Waals surface area contributed by atoms with Gasteiger partial charge < -0.3 is 10.1 Å². The van der Waals surface area contributed by atoms with Crippen molar-refractivity contribution in [1.82, 2.24) is 10.0 Å². The van der Waals surface area contributed by atoms with Crippen molar-refractivity contribution in [3.05, 3.63) is 65.0 Å². The zero-order chi connectivity index (χ0) is 20.7. The third-order valence-corrected chi connectivity index (χ3v) is 5.46. The Labute approximate surface area is 165 Å². The fraction of sp³-hybridized carbons (Fsp3) is 0.350. The molecule has 0 aliphatic carbocycles. The lowest BCUT2D eigenvalue weighted by atomic mass is 10.1. The normalized spacial score (nSPS) is 11.5. The van der Waals surface area contributed by atoms with Crippen molar-refractivity contribution in [1.29, 1.82) is 0 Å². The van der Waals surface area contributed by atoms with E-state index in [0.717, 1.165) is 0 Å². The number of benzene rings is 2. The van der Waals surface area contributed by atoms with E-state index in [4.69, 9.17) is 4.74 Å². The molecule has 0 radical (unpaired) electrons. The standard InChI is InChI=1S/C20H25FN2O4S/c1-14(2)23-28(25,26)13-17-7-5-4-6-16(17)12-22-20(24)11-15-8-9-19(27-3)18(21)10-15/h4-10,14,23H,11-13H2,1-3H3,(H,22,24). The van der Waals surface area contributed by atoms with E-state index in [0.29, 0.717) is 16.7 Å². The lowest BCUT2D eigenvalue weighted by Gasteiger charge is -2.13. The van der Waals surface area contributed by atoms with E-state index in [1.54, 1.807) is 44.2 Å². The van der Waals surface area contributed by atoms with Gasteiger partial charge in [-0.05, 0) is 42.7 Å². The van der Waals surface area contributed by atoms with Crippen LogP contribution in [-0.4, -0.2) is 27.5 Å². The van der Waals surface area contributed by atoms with Gasteiger partial charge in [0.15, 0.2) is 11.6 Å². The highest BCUT2D eigenvalue weighted by atomic mass is 32.2. The van der Waals surface area contributed by atoms with Gasteiger partial charge in [0.2, 0.25) is 15.9 Å². The highest BCUT2D eigenvalue weighted by molar-refractivity contribution is 7.88. The minimum atomic E-state index is -3.47. The molecule has 0 unspecified atom stereocenters. The Balaban J connectivity index is 2.01. The summed E-state index contributed by atoms with van der Waals surface area (Å²) in [5, 5.41) is 2.75. The van der Waals surface area contributed by atoms with Crippen LogP contribution in [-0.2, 0) is 33.5 Å². The first-order valence-corrected chi connectivity index (χ1v) is 10.5. The predicted molar refractivity (Wildman–Crippen MR) is 106 cm³/mol. The fourth-order valence-electron chi connectivity index (χ4n) is 2.74. The molecule has 0 heterocycles. The van der Waals surface area contributed by atoms with Crippen molar-refractivity contribution < 1.29 is 22.3 Å². The van der Waals surface area contributed by atoms with E-state index in [2.05, 4.69) is 10.0 Å². The second-order valence-corrected chi connectivity index (χ2v) is 8.48. The minimum Gasteiger partial charge on any atom is -0.494 e. The number of rotatable bonds is 9. The van der Waals surface area contributed by atoms with Gasteiger partial charge in [-0.1, -0.05) is 30.3 Å². The van der Waals surface area contributed by atoms with Crippen LogP contribution < -0.4 is 14.8 Å². The Kier molecular flexibility index (Phi) is 7.53. The first-order chi connectivity index (χ1) is 13.2. The van der Waals surface area contributed by atoms with Crippen molar-refractivity contribution >= 4 is 15.9 Å². The Morgan fingerprint density at radius 3 is 2.43 bits per heavy atom. The molecular formula is C20H25FN2O4S. The summed E-state index contributed by atoms with van der Waals surface area (Å²) in [6.07, 6.45) is 0.0102. The number of carbonyl (C=O) groups excluding carboxylic acids is 1. The van der Waals surface area contributed by atoms with E-state index in [1.807, 2.05) is 0 Å². The predicted octanol–water partition coefficient (Wildman–Crippen LogP) is 2.52. The zero-order valence-electron chi connectivity index (χ0n) is 16.2. The average Bonchev–Trinajstić information content (AvgIpc) is 2.59. The van der Waals surface area contributed by atoms with Crippen LogP contribution in [0.4, 0.5) is 4.39 Å². The van der Waals surface area contributed by atoms with Crippen molar-refractivity contribution in [3.63, 3.8) is 0 Å². The molecule has 2 aromatic rings. The molecule has 2 aromatic carbocycles. The maximum atomic E-state index is 13.7. The summed E-state index contributed by atoms with van der Waals surface area (Å²) in [7, 11) is -2.10. The molecule has 0 saturated carbocycles. The second kappa shape index (κ2) is 9.66. The van der Waals surface area contributed by atoms with Crippen molar-refractivity contribution in [3.8, 4) is 5.75 Å². The minimum absolute atomic E-state index is 0.0102. The van der Waals surface area contributed by atoms with Gasteiger partial charge in [0.05, 0.1) is 19.3 Å². The van der Waals surface area contributed by atoms with Crippen LogP contribution >= 0.6 is 0 Å². The molecule has 1 amide bonds. The van der Waals surface area contributed by atoms with Crippen molar-refractivity contribution in [2.24, 2.45) is 0 Å². The van der Waals surface area contributed by atoms with E-state index in [-0.39, 0.29) is 36.4 Å². The van der Waals surface area contributed by atoms with Crippen LogP contribution in [0.5, 0.6) is 5.75 Å². The van der Waals surface area contributed by atoms with Gasteiger partial charge in [-0.3, -0.25) is 4.79 Å². The molecule has 0 aliphatic heterocycles. The summed E-state index contributed by atoms with van der Waals surface area (Å²) in [5.74, 6) is -0.862. The third kappa shape index (κ3) is 6.61. The number of hydrogen-bond acceptors (Lipinski definition) is 4. The van der Waals surface area contributed by atoms with Crippen LogP contribution in [0.3, 0.4) is 0 Å². The molecule has 0 aliphatic rings. The van der Waals surface area contributed by atoms with Crippen molar-refractivity contribution in [2.45, 2.75) is 38.6 Å². The summed E-state index contributed by atoms with van der Waals surface area (Å²) in [4.78, 5) is 12.2. The van der Waals surface area contributed by atoms with Gasteiger partial charge in [-0.25, -0.2) is 17.5 Å². The monoisotopic (exact) mass is 408 g/mol. The first-order valence-electron chi connectivity index (χ1n) is 8.86. The molecule has 0 bridgehead atoms. The molecule has 0 aromatic heterocycles. The Hall–Kier alpha value is -2.45. The maximum absolute atomic E-state index is 13.7. The van der Waals surface area contributed by atoms with Crippen LogP contribution in [0, 0.1) is 5.82 Å². The number of carbonyl (C=O) groups is 1. The van der Waals surface area contributed by atoms with Crippen LogP contribution in [0.25, 0.3) is 0 Å². The van der Waals surface area contributed by atoms with Crippen molar-refractivity contribution in [2.75, 3.05) is 7.11 Å². The number of ether oxygens (including phenoxy) is 1. The number of nitrogens with one attached hydrogen (secondary N) is 2. The largest absolute Gasteiger partial charge is 0.494 e. The molecule has 28 heavy (non-hydrogen) atoms. The van der Waals surface area contributed by atoms with E-state index < -0.39 is 15.8 Å². The Morgan fingerprint density at radius 1 is 1.14 bits per heavy atom. The molecule has 152 valence electrons. The number of methoxy groups -OCH3 is 1. The lowest BCUT2D eigenvalue weighted by Crippen LogP contribution is -2.32. The molecule has 0 spiro atoms. The van der Waals surface area contributed by atoms with Crippen LogP contribution in [0.2, 0.25) is 0 Å². The summed E-state index contributed by atoms with van der Waals surface area (Å²) >= 11 is 0. The Bertz CT molecular complexity index is 930. The van der Waals surface area contributed by atoms with Gasteiger partial charge in [-0.2, -0.15) is 0 Å². The average molecular weight is 408 g/mol. The summed E-state index contributed by atoms with van der Waals surface area (Å²) in [5.41, 5.74) is 1.85. The fourth-order valence-corrected chi connectivity index (χ4v) is 4.23. The van der Waals surface area contributed by atoms with E-state index >= 15 is 0 Å². The number of amides is 1.